The van der Waals surface area contributed by atoms with Crippen LogP contribution in [0.1, 0.15) is 22.8 Å². The van der Waals surface area contributed by atoms with Crippen molar-refractivity contribution in [2.75, 3.05) is 33.8 Å². The first-order chi connectivity index (χ1) is 10.2. The Morgan fingerprint density at radius 2 is 2.05 bits per heavy atom. The van der Waals surface area contributed by atoms with Crippen molar-refractivity contribution >= 4 is 15.9 Å². The van der Waals surface area contributed by atoms with Crippen LogP contribution in [-0.4, -0.2) is 63.4 Å². The van der Waals surface area contributed by atoms with Crippen molar-refractivity contribution in [3.05, 3.63) is 29.3 Å². The van der Waals surface area contributed by atoms with Crippen LogP contribution in [0, 0.1) is 6.92 Å². The van der Waals surface area contributed by atoms with Crippen molar-refractivity contribution in [3.63, 3.8) is 0 Å². The molecule has 2 rings (SSSR count). The topological polar surface area (TPSA) is 66.9 Å². The summed E-state index contributed by atoms with van der Waals surface area (Å²) in [5.41, 5.74) is 1.01. The van der Waals surface area contributed by atoms with E-state index in [-0.39, 0.29) is 16.9 Å². The molecule has 0 radical (unpaired) electrons. The SMILES string of the molecule is Cc1ccc(C(=O)N2CCOC(C)C2)cc1S(=O)(=O)N(C)C. The van der Waals surface area contributed by atoms with Crippen LogP contribution in [0.5, 0.6) is 0 Å². The van der Waals surface area contributed by atoms with E-state index in [1.807, 2.05) is 6.92 Å². The van der Waals surface area contributed by atoms with E-state index in [2.05, 4.69) is 0 Å². The minimum atomic E-state index is -3.57. The fourth-order valence-corrected chi connectivity index (χ4v) is 3.54. The van der Waals surface area contributed by atoms with Crippen LogP contribution in [0.2, 0.25) is 0 Å². The summed E-state index contributed by atoms with van der Waals surface area (Å²) in [6.45, 7) is 5.18. The molecular weight excluding hydrogens is 304 g/mol. The fraction of sp³-hybridized carbons (Fsp3) is 0.533. The zero-order chi connectivity index (χ0) is 16.5. The molecule has 1 heterocycles. The van der Waals surface area contributed by atoms with Gasteiger partial charge in [-0.15, -0.1) is 0 Å². The molecule has 1 aromatic carbocycles. The number of rotatable bonds is 3. The molecule has 1 fully saturated rings. The molecule has 0 saturated carbocycles. The van der Waals surface area contributed by atoms with Gasteiger partial charge in [-0.05, 0) is 31.5 Å². The van der Waals surface area contributed by atoms with Crippen LogP contribution in [0.15, 0.2) is 23.1 Å². The maximum absolute atomic E-state index is 12.6. The maximum atomic E-state index is 12.6. The summed E-state index contributed by atoms with van der Waals surface area (Å²) in [5.74, 6) is -0.162. The van der Waals surface area contributed by atoms with Gasteiger partial charge in [-0.3, -0.25) is 4.79 Å². The van der Waals surface area contributed by atoms with Gasteiger partial charge in [0.05, 0.1) is 17.6 Å². The Morgan fingerprint density at radius 3 is 2.64 bits per heavy atom. The molecule has 0 aliphatic carbocycles. The Labute approximate surface area is 131 Å². The molecule has 22 heavy (non-hydrogen) atoms. The molecule has 122 valence electrons. The maximum Gasteiger partial charge on any atom is 0.254 e. The molecule has 1 aliphatic heterocycles. The number of ether oxygens (including phenoxy) is 1. The van der Waals surface area contributed by atoms with Gasteiger partial charge in [0.15, 0.2) is 0 Å². The summed E-state index contributed by atoms with van der Waals surface area (Å²) in [7, 11) is -0.609. The summed E-state index contributed by atoms with van der Waals surface area (Å²) < 4.78 is 31.3. The van der Waals surface area contributed by atoms with Crippen LogP contribution >= 0.6 is 0 Å². The number of carbonyl (C=O) groups is 1. The van der Waals surface area contributed by atoms with Gasteiger partial charge in [0.2, 0.25) is 10.0 Å². The highest BCUT2D eigenvalue weighted by Crippen LogP contribution is 2.21. The van der Waals surface area contributed by atoms with E-state index in [1.165, 1.54) is 20.2 Å². The smallest absolute Gasteiger partial charge is 0.254 e. The standard InChI is InChI=1S/C15H22N2O4S/c1-11-5-6-13(9-14(11)22(19,20)16(3)4)15(18)17-7-8-21-12(2)10-17/h5-6,9,12H,7-8,10H2,1-4H3. The van der Waals surface area contributed by atoms with Gasteiger partial charge in [-0.25, -0.2) is 12.7 Å². The first-order valence-electron chi connectivity index (χ1n) is 7.17. The predicted octanol–water partition coefficient (Wildman–Crippen LogP) is 1.11. The third-order valence-electron chi connectivity index (χ3n) is 3.72. The lowest BCUT2D eigenvalue weighted by Gasteiger charge is -2.31. The van der Waals surface area contributed by atoms with E-state index in [4.69, 9.17) is 4.74 Å². The number of amides is 1. The molecule has 1 saturated heterocycles. The number of sulfonamides is 1. The van der Waals surface area contributed by atoms with Crippen LogP contribution in [0.25, 0.3) is 0 Å². The summed E-state index contributed by atoms with van der Waals surface area (Å²) in [5, 5.41) is 0. The monoisotopic (exact) mass is 326 g/mol. The van der Waals surface area contributed by atoms with Crippen molar-refractivity contribution in [3.8, 4) is 0 Å². The average Bonchev–Trinajstić information content (AvgIpc) is 2.46. The molecule has 1 atom stereocenters. The highest BCUT2D eigenvalue weighted by atomic mass is 32.2. The first kappa shape index (κ1) is 16.9. The van der Waals surface area contributed by atoms with Crippen molar-refractivity contribution in [1.29, 1.82) is 0 Å². The number of morpholine rings is 1. The number of hydrogen-bond acceptors (Lipinski definition) is 4. The number of nitrogens with zero attached hydrogens (tertiary/aromatic N) is 2. The van der Waals surface area contributed by atoms with Crippen LogP contribution in [0.4, 0.5) is 0 Å². The second kappa shape index (κ2) is 6.36. The molecule has 0 spiro atoms. The normalized spacial score (nSPS) is 19.5. The molecule has 0 aromatic heterocycles. The van der Waals surface area contributed by atoms with E-state index < -0.39 is 10.0 Å². The van der Waals surface area contributed by atoms with Crippen LogP contribution in [0.3, 0.4) is 0 Å². The highest BCUT2D eigenvalue weighted by molar-refractivity contribution is 7.89. The Morgan fingerprint density at radius 1 is 1.36 bits per heavy atom. The minimum Gasteiger partial charge on any atom is -0.375 e. The molecule has 0 N–H and O–H groups in total. The summed E-state index contributed by atoms with van der Waals surface area (Å²) >= 11 is 0. The zero-order valence-electron chi connectivity index (χ0n) is 13.4. The number of carbonyl (C=O) groups excluding carboxylic acids is 1. The van der Waals surface area contributed by atoms with E-state index in [1.54, 1.807) is 24.0 Å². The lowest BCUT2D eigenvalue weighted by Crippen LogP contribution is -2.44. The number of hydrogen-bond donors (Lipinski definition) is 0. The van der Waals surface area contributed by atoms with Crippen LogP contribution in [-0.2, 0) is 14.8 Å². The highest BCUT2D eigenvalue weighted by Gasteiger charge is 2.25. The van der Waals surface area contributed by atoms with E-state index in [9.17, 15) is 13.2 Å². The van der Waals surface area contributed by atoms with Gasteiger partial charge in [-0.2, -0.15) is 0 Å². The number of benzene rings is 1. The molecule has 1 amide bonds. The van der Waals surface area contributed by atoms with E-state index >= 15 is 0 Å². The van der Waals surface area contributed by atoms with Crippen molar-refractivity contribution in [1.82, 2.24) is 9.21 Å². The van der Waals surface area contributed by atoms with Crippen molar-refractivity contribution < 1.29 is 17.9 Å². The van der Waals surface area contributed by atoms with E-state index in [0.717, 1.165) is 4.31 Å². The molecular formula is C15H22N2O4S. The van der Waals surface area contributed by atoms with Gasteiger partial charge >= 0.3 is 0 Å². The molecule has 7 heteroatoms. The predicted molar refractivity (Wildman–Crippen MR) is 83.4 cm³/mol. The Kier molecular flexibility index (Phi) is 4.89. The molecule has 1 aliphatic rings. The second-order valence-electron chi connectivity index (χ2n) is 5.70. The van der Waals surface area contributed by atoms with Gasteiger partial charge in [0.1, 0.15) is 0 Å². The Hall–Kier alpha value is -1.44. The van der Waals surface area contributed by atoms with Crippen LogP contribution < -0.4 is 0 Å². The largest absolute Gasteiger partial charge is 0.375 e. The van der Waals surface area contributed by atoms with Gasteiger partial charge in [0, 0.05) is 32.7 Å². The third kappa shape index (κ3) is 3.31. The molecule has 6 nitrogen and oxygen atoms in total. The van der Waals surface area contributed by atoms with Gasteiger partial charge < -0.3 is 9.64 Å². The fourth-order valence-electron chi connectivity index (χ4n) is 2.39. The van der Waals surface area contributed by atoms with Gasteiger partial charge in [0.25, 0.3) is 5.91 Å². The molecule has 0 bridgehead atoms. The third-order valence-corrected chi connectivity index (χ3v) is 5.68. The Balaban J connectivity index is 2.35. The average molecular weight is 326 g/mol. The molecule has 1 unspecified atom stereocenters. The molecule has 1 aromatic rings. The number of aryl methyl sites for hydroxylation is 1. The summed E-state index contributed by atoms with van der Waals surface area (Å²) in [4.78, 5) is 14.4. The lowest BCUT2D eigenvalue weighted by molar-refractivity contribution is -0.0124. The Bertz CT molecular complexity index is 670. The zero-order valence-corrected chi connectivity index (χ0v) is 14.2. The lowest BCUT2D eigenvalue weighted by atomic mass is 10.1. The van der Waals surface area contributed by atoms with Crippen molar-refractivity contribution in [2.24, 2.45) is 0 Å². The van der Waals surface area contributed by atoms with E-state index in [0.29, 0.717) is 30.8 Å². The van der Waals surface area contributed by atoms with Gasteiger partial charge in [-0.1, -0.05) is 6.07 Å². The summed E-state index contributed by atoms with van der Waals surface area (Å²) in [6.07, 6.45) is -0.00636. The van der Waals surface area contributed by atoms with Crippen molar-refractivity contribution in [2.45, 2.75) is 24.8 Å². The quantitative estimate of drug-likeness (QED) is 0.834. The summed E-state index contributed by atoms with van der Waals surface area (Å²) in [6, 6.07) is 4.81. The second-order valence-corrected chi connectivity index (χ2v) is 7.82. The first-order valence-corrected chi connectivity index (χ1v) is 8.61. The minimum absolute atomic E-state index is 0.00636.